The Balaban J connectivity index is 2.09. The van der Waals surface area contributed by atoms with E-state index in [0.29, 0.717) is 26.3 Å². The van der Waals surface area contributed by atoms with Gasteiger partial charge >= 0.3 is 0 Å². The molecule has 1 unspecified atom stereocenters. The molecule has 1 aromatic rings. The normalized spacial score (nSPS) is 19.0. The Morgan fingerprint density at radius 3 is 2.90 bits per heavy atom. The molecule has 2 N–H and O–H groups in total. The fraction of sp³-hybridized carbons (Fsp3) is 0.571. The van der Waals surface area contributed by atoms with Crippen LogP contribution in [-0.4, -0.2) is 34.7 Å². The minimum absolute atomic E-state index is 0.137. The largest absolute Gasteiger partial charge is 0.381 e. The van der Waals surface area contributed by atoms with Gasteiger partial charge in [0.1, 0.15) is 4.90 Å². The summed E-state index contributed by atoms with van der Waals surface area (Å²) < 4.78 is 32.6. The van der Waals surface area contributed by atoms with Gasteiger partial charge in [0.25, 0.3) is 0 Å². The fourth-order valence-electron chi connectivity index (χ4n) is 2.18. The van der Waals surface area contributed by atoms with Gasteiger partial charge in [-0.1, -0.05) is 24.6 Å². The zero-order chi connectivity index (χ0) is 15.3. The Bertz CT molecular complexity index is 572. The van der Waals surface area contributed by atoms with Crippen molar-refractivity contribution in [1.29, 1.82) is 0 Å². The molecule has 0 amide bonds. The monoisotopic (exact) mass is 332 g/mol. The maximum atomic E-state index is 12.4. The summed E-state index contributed by atoms with van der Waals surface area (Å²) in [5, 5.41) is 3.41. The first-order valence-corrected chi connectivity index (χ1v) is 8.95. The van der Waals surface area contributed by atoms with Crippen LogP contribution in [0.1, 0.15) is 18.9 Å². The molecule has 5 nitrogen and oxygen atoms in total. The second kappa shape index (κ2) is 7.56. The second-order valence-electron chi connectivity index (χ2n) is 5.13. The van der Waals surface area contributed by atoms with E-state index in [9.17, 15) is 8.42 Å². The predicted molar refractivity (Wildman–Crippen MR) is 82.9 cm³/mol. The number of benzene rings is 1. The van der Waals surface area contributed by atoms with Crippen molar-refractivity contribution < 1.29 is 13.2 Å². The smallest absolute Gasteiger partial charge is 0.242 e. The van der Waals surface area contributed by atoms with Gasteiger partial charge in [-0.25, -0.2) is 13.1 Å². The number of nitrogens with one attached hydrogen (secondary N) is 2. The van der Waals surface area contributed by atoms with E-state index in [1.54, 1.807) is 12.1 Å². The Kier molecular flexibility index (Phi) is 6.01. The van der Waals surface area contributed by atoms with Gasteiger partial charge in [-0.3, -0.25) is 0 Å². The maximum Gasteiger partial charge on any atom is 0.242 e. The van der Waals surface area contributed by atoms with Gasteiger partial charge in [-0.15, -0.1) is 0 Å². The number of hydrogen-bond donors (Lipinski definition) is 2. The first-order valence-electron chi connectivity index (χ1n) is 7.09. The van der Waals surface area contributed by atoms with Crippen LogP contribution in [0.4, 0.5) is 0 Å². The van der Waals surface area contributed by atoms with Crippen LogP contribution in [0, 0.1) is 5.92 Å². The average molecular weight is 333 g/mol. The first-order chi connectivity index (χ1) is 10.0. The molecule has 1 fully saturated rings. The highest BCUT2D eigenvalue weighted by Crippen LogP contribution is 2.23. The van der Waals surface area contributed by atoms with E-state index in [2.05, 4.69) is 10.0 Å². The van der Waals surface area contributed by atoms with E-state index in [4.69, 9.17) is 16.3 Å². The van der Waals surface area contributed by atoms with Crippen LogP contribution in [0.2, 0.25) is 5.02 Å². The summed E-state index contributed by atoms with van der Waals surface area (Å²) in [7, 11) is -3.59. The summed E-state index contributed by atoms with van der Waals surface area (Å²) in [4.78, 5) is 0.137. The van der Waals surface area contributed by atoms with E-state index in [1.807, 2.05) is 13.0 Å². The molecular formula is C14H21ClN2O3S. The Morgan fingerprint density at radius 1 is 1.43 bits per heavy atom. The van der Waals surface area contributed by atoms with E-state index < -0.39 is 10.0 Å². The van der Waals surface area contributed by atoms with E-state index in [1.165, 1.54) is 0 Å². The predicted octanol–water partition coefficient (Wildman–Crippen LogP) is 1.76. The maximum absolute atomic E-state index is 12.4. The molecular weight excluding hydrogens is 312 g/mol. The molecule has 0 aromatic heterocycles. The van der Waals surface area contributed by atoms with Crippen molar-refractivity contribution in [3.63, 3.8) is 0 Å². The van der Waals surface area contributed by atoms with Crippen LogP contribution >= 0.6 is 11.6 Å². The van der Waals surface area contributed by atoms with Crippen LogP contribution in [0.25, 0.3) is 0 Å². The number of hydrogen-bond acceptors (Lipinski definition) is 4. The molecule has 1 aromatic carbocycles. The zero-order valence-corrected chi connectivity index (χ0v) is 13.6. The molecule has 1 aliphatic rings. The van der Waals surface area contributed by atoms with Crippen molar-refractivity contribution in [2.75, 3.05) is 26.3 Å². The lowest BCUT2D eigenvalue weighted by Gasteiger charge is -2.12. The molecule has 0 bridgehead atoms. The number of ether oxygens (including phenoxy) is 1. The third-order valence-corrected chi connectivity index (χ3v) is 5.36. The Hall–Kier alpha value is -0.660. The lowest BCUT2D eigenvalue weighted by Crippen LogP contribution is -2.30. The molecule has 0 saturated carbocycles. The second-order valence-corrected chi connectivity index (χ2v) is 7.27. The standard InChI is InChI=1S/C14H21ClN2O3S/c1-2-16-8-11-3-4-13(15)14(7-11)21(18,19)17-9-12-5-6-20-10-12/h3-4,7,12,16-17H,2,5-6,8-10H2,1H3. The molecule has 0 aliphatic carbocycles. The average Bonchev–Trinajstić information content (AvgIpc) is 2.97. The summed E-state index contributed by atoms with van der Waals surface area (Å²) in [5.74, 6) is 0.239. The minimum Gasteiger partial charge on any atom is -0.381 e. The molecule has 1 saturated heterocycles. The molecule has 0 radical (unpaired) electrons. The zero-order valence-electron chi connectivity index (χ0n) is 12.1. The lowest BCUT2D eigenvalue weighted by atomic mass is 10.1. The van der Waals surface area contributed by atoms with Crippen LogP contribution in [0.3, 0.4) is 0 Å². The van der Waals surface area contributed by atoms with Gasteiger partial charge in [-0.2, -0.15) is 0 Å². The molecule has 1 heterocycles. The van der Waals surface area contributed by atoms with Gasteiger partial charge in [0.2, 0.25) is 10.0 Å². The van der Waals surface area contributed by atoms with E-state index in [-0.39, 0.29) is 15.8 Å². The number of halogens is 1. The van der Waals surface area contributed by atoms with Gasteiger partial charge in [0.05, 0.1) is 11.6 Å². The first kappa shape index (κ1) is 16.7. The summed E-state index contributed by atoms with van der Waals surface area (Å²) in [5.41, 5.74) is 0.894. The third-order valence-electron chi connectivity index (χ3n) is 3.45. The van der Waals surface area contributed by atoms with Crippen molar-refractivity contribution in [2.45, 2.75) is 24.8 Å². The number of sulfonamides is 1. The van der Waals surface area contributed by atoms with Gasteiger partial charge in [-0.05, 0) is 36.6 Å². The molecule has 7 heteroatoms. The highest BCUT2D eigenvalue weighted by atomic mass is 35.5. The summed E-state index contributed by atoms with van der Waals surface area (Å²) in [6.45, 7) is 5.13. The van der Waals surface area contributed by atoms with Crippen LogP contribution in [0.15, 0.2) is 23.1 Å². The van der Waals surface area contributed by atoms with E-state index in [0.717, 1.165) is 18.5 Å². The highest BCUT2D eigenvalue weighted by molar-refractivity contribution is 7.89. The van der Waals surface area contributed by atoms with Crippen LogP contribution in [0.5, 0.6) is 0 Å². The summed E-state index contributed by atoms with van der Waals surface area (Å²) in [6, 6.07) is 5.08. The van der Waals surface area contributed by atoms with Gasteiger partial charge < -0.3 is 10.1 Å². The molecule has 21 heavy (non-hydrogen) atoms. The van der Waals surface area contributed by atoms with Crippen molar-refractivity contribution in [3.05, 3.63) is 28.8 Å². The lowest BCUT2D eigenvalue weighted by molar-refractivity contribution is 0.186. The van der Waals surface area contributed by atoms with Crippen molar-refractivity contribution in [1.82, 2.24) is 10.0 Å². The molecule has 0 spiro atoms. The fourth-order valence-corrected chi connectivity index (χ4v) is 3.85. The van der Waals surface area contributed by atoms with Gasteiger partial charge in [0, 0.05) is 19.7 Å². The van der Waals surface area contributed by atoms with Crippen molar-refractivity contribution in [3.8, 4) is 0 Å². The van der Waals surface area contributed by atoms with Gasteiger partial charge in [0.15, 0.2) is 0 Å². The summed E-state index contributed by atoms with van der Waals surface area (Å²) in [6.07, 6.45) is 0.886. The van der Waals surface area contributed by atoms with Crippen LogP contribution in [-0.2, 0) is 21.3 Å². The van der Waals surface area contributed by atoms with Crippen molar-refractivity contribution >= 4 is 21.6 Å². The highest BCUT2D eigenvalue weighted by Gasteiger charge is 2.22. The topological polar surface area (TPSA) is 67.4 Å². The Labute approximate surface area is 131 Å². The van der Waals surface area contributed by atoms with Crippen LogP contribution < -0.4 is 10.0 Å². The SMILES string of the molecule is CCNCc1ccc(Cl)c(S(=O)(=O)NCC2CCOC2)c1. The quantitative estimate of drug-likeness (QED) is 0.798. The third kappa shape index (κ3) is 4.66. The minimum atomic E-state index is -3.59. The number of rotatable bonds is 7. The van der Waals surface area contributed by atoms with E-state index >= 15 is 0 Å². The molecule has 1 atom stereocenters. The summed E-state index contributed by atoms with van der Waals surface area (Å²) >= 11 is 6.05. The molecule has 118 valence electrons. The van der Waals surface area contributed by atoms with Crippen molar-refractivity contribution in [2.24, 2.45) is 5.92 Å². The molecule has 2 rings (SSSR count). The molecule has 1 aliphatic heterocycles. The Morgan fingerprint density at radius 2 is 2.24 bits per heavy atom.